The number of aryl methyl sites for hydroxylation is 1. The van der Waals surface area contributed by atoms with Crippen LogP contribution in [0.4, 0.5) is 5.69 Å². The number of ketones is 1. The zero-order valence-electron chi connectivity index (χ0n) is 21.7. The third-order valence-corrected chi connectivity index (χ3v) is 7.39. The number of hydrogen-bond donors (Lipinski definition) is 0. The fourth-order valence-electron chi connectivity index (χ4n) is 3.41. The highest BCUT2D eigenvalue weighted by Gasteiger charge is 2.21. The summed E-state index contributed by atoms with van der Waals surface area (Å²) < 4.78 is 53.0. The molecular weight excluding hydrogens is 514 g/mol. The van der Waals surface area contributed by atoms with Crippen LogP contribution in [0.25, 0.3) is 0 Å². The van der Waals surface area contributed by atoms with Crippen LogP contribution in [0, 0.1) is 6.92 Å². The molecule has 0 atom stereocenters. The second-order valence-corrected chi connectivity index (χ2v) is 10.0. The predicted molar refractivity (Wildman–Crippen MR) is 140 cm³/mol. The highest BCUT2D eigenvalue weighted by molar-refractivity contribution is 7.92. The molecule has 0 unspecified atom stereocenters. The number of hydrogen-bond acceptors (Lipinski definition) is 9. The number of carbonyl (C=O) groups excluding carboxylic acids is 2. The minimum absolute atomic E-state index is 0.176. The van der Waals surface area contributed by atoms with E-state index in [-0.39, 0.29) is 10.5 Å². The van der Waals surface area contributed by atoms with Crippen molar-refractivity contribution in [3.05, 3.63) is 71.8 Å². The van der Waals surface area contributed by atoms with Crippen molar-refractivity contribution in [3.8, 4) is 23.0 Å². The first kappa shape index (κ1) is 28.3. The molecule has 0 amide bonds. The van der Waals surface area contributed by atoms with Crippen LogP contribution in [-0.2, 0) is 19.6 Å². The van der Waals surface area contributed by atoms with E-state index < -0.39 is 35.0 Å². The van der Waals surface area contributed by atoms with Gasteiger partial charge in [-0.05, 0) is 55.5 Å². The van der Waals surface area contributed by atoms with Gasteiger partial charge in [0.25, 0.3) is 10.0 Å². The summed E-state index contributed by atoms with van der Waals surface area (Å²) >= 11 is 0. The van der Waals surface area contributed by atoms with Gasteiger partial charge in [-0.1, -0.05) is 17.7 Å². The lowest BCUT2D eigenvalue weighted by atomic mass is 10.1. The van der Waals surface area contributed by atoms with E-state index >= 15 is 0 Å². The highest BCUT2D eigenvalue weighted by atomic mass is 32.2. The van der Waals surface area contributed by atoms with Crippen molar-refractivity contribution in [1.82, 2.24) is 0 Å². The molecule has 3 rings (SSSR count). The maximum Gasteiger partial charge on any atom is 0.344 e. The van der Waals surface area contributed by atoms with Crippen LogP contribution in [0.2, 0.25) is 0 Å². The Morgan fingerprint density at radius 2 is 1.39 bits per heavy atom. The number of ether oxygens (including phenoxy) is 5. The van der Waals surface area contributed by atoms with Gasteiger partial charge in [-0.15, -0.1) is 0 Å². The molecule has 0 radical (unpaired) electrons. The molecule has 11 heteroatoms. The quantitative estimate of drug-likeness (QED) is 0.249. The summed E-state index contributed by atoms with van der Waals surface area (Å²) in [5, 5.41) is 0. The largest absolute Gasteiger partial charge is 0.493 e. The Bertz CT molecular complexity index is 1360. The van der Waals surface area contributed by atoms with E-state index in [2.05, 4.69) is 0 Å². The van der Waals surface area contributed by atoms with Crippen LogP contribution in [-0.4, -0.2) is 61.8 Å². The zero-order chi connectivity index (χ0) is 27.9. The fourth-order valence-corrected chi connectivity index (χ4v) is 4.61. The molecule has 10 nitrogen and oxygen atoms in total. The number of rotatable bonds is 12. The first-order valence-electron chi connectivity index (χ1n) is 11.4. The number of carbonyl (C=O) groups is 2. The predicted octanol–water partition coefficient (Wildman–Crippen LogP) is 3.65. The van der Waals surface area contributed by atoms with Crippen molar-refractivity contribution >= 4 is 27.5 Å². The molecule has 0 spiro atoms. The molecule has 0 aliphatic carbocycles. The van der Waals surface area contributed by atoms with Crippen molar-refractivity contribution in [2.75, 3.05) is 45.9 Å². The molecule has 0 N–H and O–H groups in total. The number of benzene rings is 3. The molecule has 0 fully saturated rings. The van der Waals surface area contributed by atoms with E-state index in [9.17, 15) is 18.0 Å². The topological polar surface area (TPSA) is 118 Å². The monoisotopic (exact) mass is 543 g/mol. The second kappa shape index (κ2) is 12.3. The minimum Gasteiger partial charge on any atom is -0.493 e. The molecule has 0 saturated heterocycles. The number of sulfonamides is 1. The maximum absolute atomic E-state index is 12.9. The van der Waals surface area contributed by atoms with E-state index in [0.717, 1.165) is 9.87 Å². The lowest BCUT2D eigenvalue weighted by molar-refractivity contribution is -0.144. The molecular formula is C27H29NO9S. The Morgan fingerprint density at radius 3 is 1.92 bits per heavy atom. The van der Waals surface area contributed by atoms with Crippen molar-refractivity contribution < 1.29 is 41.7 Å². The van der Waals surface area contributed by atoms with Gasteiger partial charge in [0.1, 0.15) is 5.75 Å². The fraction of sp³-hybridized carbons (Fsp3) is 0.259. The summed E-state index contributed by atoms with van der Waals surface area (Å²) in [6, 6.07) is 15.7. The van der Waals surface area contributed by atoms with Crippen LogP contribution in [0.5, 0.6) is 23.0 Å². The lowest BCUT2D eigenvalue weighted by Gasteiger charge is -2.20. The molecule has 0 heterocycles. The number of Topliss-reactive ketones (excluding diaryl/α,β-unsaturated/α-hetero) is 1. The summed E-state index contributed by atoms with van der Waals surface area (Å²) in [5.41, 5.74) is 1.59. The van der Waals surface area contributed by atoms with Gasteiger partial charge in [0.15, 0.2) is 24.7 Å². The second-order valence-electron chi connectivity index (χ2n) is 8.07. The molecule has 202 valence electrons. The number of esters is 1. The normalized spacial score (nSPS) is 10.9. The first-order chi connectivity index (χ1) is 18.1. The van der Waals surface area contributed by atoms with Gasteiger partial charge in [-0.2, -0.15) is 0 Å². The Morgan fingerprint density at radius 1 is 0.816 bits per heavy atom. The molecule has 0 saturated carbocycles. The van der Waals surface area contributed by atoms with E-state index in [1.165, 1.54) is 52.6 Å². The Labute approximate surface area is 221 Å². The Balaban J connectivity index is 1.55. The third-order valence-electron chi connectivity index (χ3n) is 5.59. The molecule has 0 aliphatic heterocycles. The van der Waals surface area contributed by atoms with Gasteiger partial charge >= 0.3 is 5.97 Å². The summed E-state index contributed by atoms with van der Waals surface area (Å²) in [4.78, 5) is 24.8. The van der Waals surface area contributed by atoms with Crippen molar-refractivity contribution in [2.45, 2.75) is 11.8 Å². The van der Waals surface area contributed by atoms with E-state index in [4.69, 9.17) is 23.7 Å². The average Bonchev–Trinajstić information content (AvgIpc) is 2.93. The standard InChI is InChI=1S/C27H29NO9S/c1-18-6-12-22(13-7-18)38(31,32)28(2)20-8-10-21(11-9-20)36-17-26(30)37-16-23(29)19-14-24(33-3)27(35-5)25(15-19)34-4/h6-15H,16-17H2,1-5H3. The van der Waals surface area contributed by atoms with E-state index in [1.807, 2.05) is 6.92 Å². The molecule has 38 heavy (non-hydrogen) atoms. The lowest BCUT2D eigenvalue weighted by Crippen LogP contribution is -2.26. The van der Waals surface area contributed by atoms with Crippen molar-refractivity contribution in [1.29, 1.82) is 0 Å². The summed E-state index contributed by atoms with van der Waals surface area (Å²) in [6.45, 7) is 0.920. The van der Waals surface area contributed by atoms with Crippen LogP contribution >= 0.6 is 0 Å². The van der Waals surface area contributed by atoms with E-state index in [0.29, 0.717) is 28.7 Å². The number of anilines is 1. The van der Waals surface area contributed by atoms with Crippen LogP contribution in [0.3, 0.4) is 0 Å². The average molecular weight is 544 g/mol. The smallest absolute Gasteiger partial charge is 0.344 e. The van der Waals surface area contributed by atoms with Crippen LogP contribution in [0.15, 0.2) is 65.6 Å². The molecule has 0 aromatic heterocycles. The third kappa shape index (κ3) is 6.54. The molecule has 3 aromatic rings. The van der Waals surface area contributed by atoms with Gasteiger partial charge in [0, 0.05) is 12.6 Å². The zero-order valence-corrected chi connectivity index (χ0v) is 22.5. The Kier molecular flexibility index (Phi) is 9.19. The van der Waals surface area contributed by atoms with Gasteiger partial charge in [-0.3, -0.25) is 9.10 Å². The highest BCUT2D eigenvalue weighted by Crippen LogP contribution is 2.38. The molecule has 3 aromatic carbocycles. The summed E-state index contributed by atoms with van der Waals surface area (Å²) in [6.07, 6.45) is 0. The minimum atomic E-state index is -3.74. The SMILES string of the molecule is COc1cc(C(=O)COC(=O)COc2ccc(N(C)S(=O)(=O)c3ccc(C)cc3)cc2)cc(OC)c1OC. The van der Waals surface area contributed by atoms with Crippen molar-refractivity contribution in [3.63, 3.8) is 0 Å². The molecule has 0 bridgehead atoms. The van der Waals surface area contributed by atoms with Gasteiger partial charge in [0.2, 0.25) is 11.5 Å². The van der Waals surface area contributed by atoms with Gasteiger partial charge in [0.05, 0.1) is 31.9 Å². The van der Waals surface area contributed by atoms with Crippen LogP contribution in [0.1, 0.15) is 15.9 Å². The van der Waals surface area contributed by atoms with Crippen molar-refractivity contribution in [2.24, 2.45) is 0 Å². The summed E-state index contributed by atoms with van der Waals surface area (Å²) in [5.74, 6) is 0.0228. The summed E-state index contributed by atoms with van der Waals surface area (Å²) in [7, 11) is 2.02. The van der Waals surface area contributed by atoms with Gasteiger partial charge in [-0.25, -0.2) is 13.2 Å². The van der Waals surface area contributed by atoms with Gasteiger partial charge < -0.3 is 23.7 Å². The number of nitrogens with zero attached hydrogens (tertiary/aromatic N) is 1. The Hall–Kier alpha value is -4.25. The maximum atomic E-state index is 12.9. The molecule has 0 aliphatic rings. The first-order valence-corrected chi connectivity index (χ1v) is 12.8. The van der Waals surface area contributed by atoms with Crippen LogP contribution < -0.4 is 23.3 Å². The number of methoxy groups -OCH3 is 3. The van der Waals surface area contributed by atoms with E-state index in [1.54, 1.807) is 36.4 Å².